The number of aliphatic imine (C=N–C) groups is 1. The molecule has 0 spiro atoms. The molecule has 2 aliphatic rings. The van der Waals surface area contributed by atoms with Crippen LogP contribution in [0, 0.1) is 11.8 Å². The number of carboxylic acids is 1. The van der Waals surface area contributed by atoms with Gasteiger partial charge in [-0.1, -0.05) is 44.9 Å². The number of rotatable bonds is 8. The van der Waals surface area contributed by atoms with Gasteiger partial charge in [0, 0.05) is 18.3 Å². The summed E-state index contributed by atoms with van der Waals surface area (Å²) in [5, 5.41) is 19.8. The second kappa shape index (κ2) is 9.05. The fraction of sp³-hybridized carbons (Fsp3) is 0.667. The van der Waals surface area contributed by atoms with Gasteiger partial charge in [-0.3, -0.25) is 10.0 Å². The monoisotopic (exact) mass is 362 g/mol. The molecule has 8 nitrogen and oxygen atoms in total. The van der Waals surface area contributed by atoms with Crippen molar-refractivity contribution in [3.05, 3.63) is 24.3 Å². The molecule has 3 rings (SSSR count). The fourth-order valence-corrected chi connectivity index (χ4v) is 3.85. The lowest BCUT2D eigenvalue weighted by atomic mass is 9.84. The van der Waals surface area contributed by atoms with Gasteiger partial charge in [-0.25, -0.2) is 19.8 Å². The molecular weight excluding hydrogens is 336 g/mol. The third-order valence-corrected chi connectivity index (χ3v) is 5.21. The summed E-state index contributed by atoms with van der Waals surface area (Å²) in [6, 6.07) is 0. The maximum atomic E-state index is 11.3. The Morgan fingerprint density at radius 3 is 2.69 bits per heavy atom. The zero-order chi connectivity index (χ0) is 18.4. The average molecular weight is 362 g/mol. The zero-order valence-corrected chi connectivity index (χ0v) is 14.8. The summed E-state index contributed by atoms with van der Waals surface area (Å²) in [7, 11) is 0. The molecule has 1 aliphatic heterocycles. The molecule has 0 bridgehead atoms. The van der Waals surface area contributed by atoms with Crippen molar-refractivity contribution in [1.82, 2.24) is 15.2 Å². The molecule has 1 unspecified atom stereocenters. The Labute approximate surface area is 152 Å². The summed E-state index contributed by atoms with van der Waals surface area (Å²) in [6.45, 7) is 0. The summed E-state index contributed by atoms with van der Waals surface area (Å²) in [5.74, 6) is -0.202. The Hall–Kier alpha value is -2.06. The van der Waals surface area contributed by atoms with E-state index < -0.39 is 12.2 Å². The lowest BCUT2D eigenvalue weighted by Crippen LogP contribution is -2.28. The van der Waals surface area contributed by atoms with E-state index in [0.29, 0.717) is 17.2 Å². The third kappa shape index (κ3) is 4.98. The van der Waals surface area contributed by atoms with Gasteiger partial charge >= 0.3 is 5.97 Å². The Morgan fingerprint density at radius 1 is 1.27 bits per heavy atom. The fourth-order valence-electron chi connectivity index (χ4n) is 3.85. The van der Waals surface area contributed by atoms with Crippen molar-refractivity contribution in [3.8, 4) is 0 Å². The minimum absolute atomic E-state index is 0.0365. The number of amidine groups is 1. The molecule has 1 aliphatic carbocycles. The van der Waals surface area contributed by atoms with E-state index in [0.717, 1.165) is 18.8 Å². The van der Waals surface area contributed by atoms with E-state index in [1.165, 1.54) is 50.8 Å². The number of nitrogens with zero attached hydrogens (tertiary/aromatic N) is 4. The van der Waals surface area contributed by atoms with Crippen molar-refractivity contribution in [2.75, 3.05) is 0 Å². The minimum atomic E-state index is -0.882. The zero-order valence-electron chi connectivity index (χ0n) is 14.8. The van der Waals surface area contributed by atoms with Crippen LogP contribution < -0.4 is 0 Å². The van der Waals surface area contributed by atoms with Gasteiger partial charge in [0.25, 0.3) is 0 Å². The molecule has 142 valence electrons. The number of aliphatic carboxylic acids is 1. The van der Waals surface area contributed by atoms with Crippen LogP contribution >= 0.6 is 0 Å². The van der Waals surface area contributed by atoms with Crippen molar-refractivity contribution in [2.45, 2.75) is 64.0 Å². The van der Waals surface area contributed by atoms with E-state index in [1.54, 1.807) is 0 Å². The van der Waals surface area contributed by atoms with Crippen LogP contribution in [0.3, 0.4) is 0 Å². The highest BCUT2D eigenvalue weighted by Gasteiger charge is 2.34. The van der Waals surface area contributed by atoms with Gasteiger partial charge in [0.1, 0.15) is 6.33 Å². The quantitative estimate of drug-likeness (QED) is 0.731. The standard InChI is InChI=1S/C18H26N4O4/c23-16(24)9-14(8-4-7-13-5-2-1-3-6-13)18-21-17(22(25)26-18)15-10-19-12-20-11-15/h10-14,18,25H,1-9H2,(H,23,24)/t14-,18?/m1/s1. The maximum Gasteiger partial charge on any atom is 0.303 e. The lowest BCUT2D eigenvalue weighted by molar-refractivity contribution is -0.299. The van der Waals surface area contributed by atoms with Crippen molar-refractivity contribution in [3.63, 3.8) is 0 Å². The van der Waals surface area contributed by atoms with Gasteiger partial charge in [-0.2, -0.15) is 0 Å². The lowest BCUT2D eigenvalue weighted by Gasteiger charge is -2.23. The second-order valence-corrected chi connectivity index (χ2v) is 7.14. The molecule has 1 aromatic rings. The summed E-state index contributed by atoms with van der Waals surface area (Å²) in [6.07, 6.45) is 13.0. The van der Waals surface area contributed by atoms with E-state index in [1.807, 2.05) is 0 Å². The highest BCUT2D eigenvalue weighted by molar-refractivity contribution is 5.97. The first-order valence-electron chi connectivity index (χ1n) is 9.34. The van der Waals surface area contributed by atoms with Crippen LogP contribution in [0.2, 0.25) is 0 Å². The van der Waals surface area contributed by atoms with Gasteiger partial charge in [0.05, 0.1) is 12.0 Å². The molecule has 1 fully saturated rings. The summed E-state index contributed by atoms with van der Waals surface area (Å²) >= 11 is 0. The van der Waals surface area contributed by atoms with E-state index in [-0.39, 0.29) is 18.2 Å². The van der Waals surface area contributed by atoms with E-state index in [2.05, 4.69) is 15.0 Å². The van der Waals surface area contributed by atoms with Crippen LogP contribution in [0.5, 0.6) is 0 Å². The van der Waals surface area contributed by atoms with E-state index in [4.69, 9.17) is 4.84 Å². The van der Waals surface area contributed by atoms with Crippen molar-refractivity contribution >= 4 is 11.8 Å². The molecule has 0 amide bonds. The Kier molecular flexibility index (Phi) is 6.51. The second-order valence-electron chi connectivity index (χ2n) is 7.14. The van der Waals surface area contributed by atoms with Crippen molar-refractivity contribution in [1.29, 1.82) is 0 Å². The third-order valence-electron chi connectivity index (χ3n) is 5.21. The summed E-state index contributed by atoms with van der Waals surface area (Å²) < 4.78 is 0. The molecule has 2 atom stereocenters. The molecule has 0 radical (unpaired) electrons. The summed E-state index contributed by atoms with van der Waals surface area (Å²) in [4.78, 5) is 28.9. The Bertz CT molecular complexity index is 619. The number of aromatic nitrogens is 2. The Balaban J connectivity index is 1.61. The maximum absolute atomic E-state index is 11.3. The first-order valence-corrected chi connectivity index (χ1v) is 9.34. The number of hydroxylamine groups is 2. The predicted molar refractivity (Wildman–Crippen MR) is 93.2 cm³/mol. The van der Waals surface area contributed by atoms with Gasteiger partial charge in [-0.15, -0.1) is 5.23 Å². The average Bonchev–Trinajstić information content (AvgIpc) is 3.04. The van der Waals surface area contributed by atoms with Crippen molar-refractivity contribution in [2.24, 2.45) is 16.8 Å². The van der Waals surface area contributed by atoms with Gasteiger partial charge in [-0.05, 0) is 12.3 Å². The minimum Gasteiger partial charge on any atom is -0.481 e. The Morgan fingerprint density at radius 2 is 2.00 bits per heavy atom. The van der Waals surface area contributed by atoms with Crippen molar-refractivity contribution < 1.29 is 19.9 Å². The normalized spacial score (nSPS) is 22.3. The molecular formula is C18H26N4O4. The molecule has 8 heteroatoms. The topological polar surface area (TPSA) is 108 Å². The molecule has 0 saturated heterocycles. The molecule has 0 aromatic carbocycles. The SMILES string of the molecule is O=C(O)C[C@@H](CCCC1CCCCC1)C1N=C(c2cncnc2)N(O)O1. The number of hydrogen-bond acceptors (Lipinski definition) is 7. The first kappa shape index (κ1) is 18.7. The molecule has 2 N–H and O–H groups in total. The number of hydrogen-bond donors (Lipinski definition) is 2. The highest BCUT2D eigenvalue weighted by Crippen LogP contribution is 2.31. The van der Waals surface area contributed by atoms with Crippen LogP contribution in [0.15, 0.2) is 23.7 Å². The van der Waals surface area contributed by atoms with Crippen LogP contribution in [0.1, 0.15) is 63.4 Å². The van der Waals surface area contributed by atoms with Gasteiger partial charge in [0.15, 0.2) is 12.1 Å². The van der Waals surface area contributed by atoms with Crippen LogP contribution in [-0.2, 0) is 9.63 Å². The van der Waals surface area contributed by atoms with Gasteiger partial charge in [0.2, 0.25) is 0 Å². The van der Waals surface area contributed by atoms with Crippen LogP contribution in [-0.4, -0.2) is 43.5 Å². The summed E-state index contributed by atoms with van der Waals surface area (Å²) in [5.41, 5.74) is 0.522. The predicted octanol–water partition coefficient (Wildman–Crippen LogP) is 3.03. The van der Waals surface area contributed by atoms with Crippen LogP contribution in [0.4, 0.5) is 0 Å². The number of carbonyl (C=O) groups is 1. The molecule has 2 heterocycles. The molecule has 26 heavy (non-hydrogen) atoms. The first-order chi connectivity index (χ1) is 12.6. The van der Waals surface area contributed by atoms with Gasteiger partial charge < -0.3 is 5.11 Å². The van der Waals surface area contributed by atoms with E-state index >= 15 is 0 Å². The largest absolute Gasteiger partial charge is 0.481 e. The highest BCUT2D eigenvalue weighted by atomic mass is 16.9. The van der Waals surface area contributed by atoms with E-state index in [9.17, 15) is 15.1 Å². The smallest absolute Gasteiger partial charge is 0.303 e. The number of carboxylic acid groups (broad SMARTS) is 1. The molecule has 1 aromatic heterocycles. The molecule has 1 saturated carbocycles. The van der Waals surface area contributed by atoms with Crippen LogP contribution in [0.25, 0.3) is 0 Å².